The summed E-state index contributed by atoms with van der Waals surface area (Å²) in [7, 11) is 4.72. The third-order valence-electron chi connectivity index (χ3n) is 8.43. The highest BCUT2D eigenvalue weighted by Gasteiger charge is 2.48. The Morgan fingerprint density at radius 1 is 1.00 bits per heavy atom. The number of fused-ring (bicyclic) bond motifs is 4. The zero-order valence-corrected chi connectivity index (χ0v) is 22.8. The lowest BCUT2D eigenvalue weighted by Crippen LogP contribution is -2.63. The summed E-state index contributed by atoms with van der Waals surface area (Å²) in [5.74, 6) is 1.45. The number of piperazine rings is 1. The van der Waals surface area contributed by atoms with Crippen LogP contribution in [0.15, 0.2) is 48.0 Å². The van der Waals surface area contributed by atoms with Crippen LogP contribution in [0.1, 0.15) is 55.0 Å². The van der Waals surface area contributed by atoms with Crippen LogP contribution in [0.3, 0.4) is 0 Å². The number of para-hydroxylation sites is 1. The number of amides is 2. The minimum Gasteiger partial charge on any atom is -0.493 e. The number of H-pyrrole nitrogens is 1. The van der Waals surface area contributed by atoms with Gasteiger partial charge in [0.25, 0.3) is 0 Å². The molecule has 3 aromatic rings. The molecule has 2 aromatic carbocycles. The van der Waals surface area contributed by atoms with Crippen molar-refractivity contribution in [1.29, 1.82) is 0 Å². The molecule has 39 heavy (non-hydrogen) atoms. The molecule has 2 aliphatic heterocycles. The van der Waals surface area contributed by atoms with Gasteiger partial charge in [0.05, 0.1) is 33.9 Å². The maximum atomic E-state index is 14.0. The number of methoxy groups -OCH3 is 3. The molecule has 8 nitrogen and oxygen atoms in total. The van der Waals surface area contributed by atoms with Crippen molar-refractivity contribution < 1.29 is 23.8 Å². The zero-order chi connectivity index (χ0) is 27.1. The Morgan fingerprint density at radius 2 is 1.77 bits per heavy atom. The highest BCUT2D eigenvalue weighted by molar-refractivity contribution is 5.97. The molecule has 1 aromatic heterocycles. The van der Waals surface area contributed by atoms with Crippen LogP contribution in [-0.2, 0) is 16.0 Å². The van der Waals surface area contributed by atoms with Gasteiger partial charge in [-0.3, -0.25) is 9.59 Å². The number of carbonyl (C=O) groups excluding carboxylic acids is 2. The molecule has 204 valence electrons. The van der Waals surface area contributed by atoms with E-state index in [-0.39, 0.29) is 18.4 Å². The molecule has 8 heteroatoms. The fraction of sp³-hybridized carbons (Fsp3) is 0.419. The number of nitrogens with zero attached hydrogens (tertiary/aromatic N) is 2. The van der Waals surface area contributed by atoms with E-state index in [0.717, 1.165) is 47.0 Å². The summed E-state index contributed by atoms with van der Waals surface area (Å²) in [6.07, 6.45) is 8.26. The van der Waals surface area contributed by atoms with Crippen LogP contribution < -0.4 is 14.2 Å². The number of hydrogen-bond donors (Lipinski definition) is 1. The number of benzene rings is 2. The summed E-state index contributed by atoms with van der Waals surface area (Å²) in [6.45, 7) is 0.662. The Kier molecular flexibility index (Phi) is 6.71. The maximum absolute atomic E-state index is 14.0. The van der Waals surface area contributed by atoms with E-state index < -0.39 is 12.1 Å². The Labute approximate surface area is 228 Å². The smallest absolute Gasteiger partial charge is 0.246 e. The third-order valence-corrected chi connectivity index (χ3v) is 8.43. The van der Waals surface area contributed by atoms with Crippen molar-refractivity contribution in [2.75, 3.05) is 34.4 Å². The van der Waals surface area contributed by atoms with Crippen LogP contribution in [0.5, 0.6) is 17.2 Å². The van der Waals surface area contributed by atoms with Crippen LogP contribution in [0.2, 0.25) is 0 Å². The lowest BCUT2D eigenvalue weighted by Gasteiger charge is -2.47. The van der Waals surface area contributed by atoms with Crippen LogP contribution in [0.4, 0.5) is 0 Å². The number of rotatable bonds is 7. The van der Waals surface area contributed by atoms with Crippen molar-refractivity contribution in [3.8, 4) is 17.2 Å². The molecule has 1 saturated heterocycles. The number of hydrogen-bond acceptors (Lipinski definition) is 5. The van der Waals surface area contributed by atoms with Gasteiger partial charge < -0.3 is 29.0 Å². The van der Waals surface area contributed by atoms with Gasteiger partial charge in [0.15, 0.2) is 11.5 Å². The summed E-state index contributed by atoms with van der Waals surface area (Å²) in [6, 6.07) is 10.8. The van der Waals surface area contributed by atoms with Crippen molar-refractivity contribution >= 4 is 22.7 Å². The Morgan fingerprint density at radius 3 is 2.46 bits per heavy atom. The first-order valence-electron chi connectivity index (χ1n) is 13.7. The number of aromatic amines is 1. The second-order valence-electron chi connectivity index (χ2n) is 10.6. The molecule has 1 aliphatic carbocycles. The van der Waals surface area contributed by atoms with Crippen molar-refractivity contribution in [2.45, 2.75) is 50.6 Å². The monoisotopic (exact) mass is 529 g/mol. The second-order valence-corrected chi connectivity index (χ2v) is 10.6. The quantitative estimate of drug-likeness (QED) is 0.446. The van der Waals surface area contributed by atoms with Crippen molar-refractivity contribution in [3.63, 3.8) is 0 Å². The van der Waals surface area contributed by atoms with Crippen LogP contribution >= 0.6 is 0 Å². The van der Waals surface area contributed by atoms with E-state index in [4.69, 9.17) is 14.2 Å². The average Bonchev–Trinajstić information content (AvgIpc) is 3.35. The molecule has 3 aliphatic rings. The molecule has 1 fully saturated rings. The number of allylic oxidation sites excluding steroid dienone is 1. The summed E-state index contributed by atoms with van der Waals surface area (Å²) in [5, 5.41) is 1.08. The Hall–Kier alpha value is -3.94. The van der Waals surface area contributed by atoms with E-state index in [2.05, 4.69) is 17.1 Å². The SMILES string of the molecule is COc1cc(C2c3[nH]c4ccccc4c3C[C@H]3C(=O)N(CCC4=CCCCC4)CC(=O)N23)cc(OC)c1OC. The summed E-state index contributed by atoms with van der Waals surface area (Å²) in [5.41, 5.74) is 5.18. The van der Waals surface area contributed by atoms with Gasteiger partial charge in [0.1, 0.15) is 6.04 Å². The molecule has 6 rings (SSSR count). The summed E-state index contributed by atoms with van der Waals surface area (Å²) >= 11 is 0. The van der Waals surface area contributed by atoms with Gasteiger partial charge in [-0.1, -0.05) is 29.8 Å². The van der Waals surface area contributed by atoms with Gasteiger partial charge in [-0.15, -0.1) is 0 Å². The summed E-state index contributed by atoms with van der Waals surface area (Å²) < 4.78 is 16.8. The highest BCUT2D eigenvalue weighted by atomic mass is 16.5. The van der Waals surface area contributed by atoms with Gasteiger partial charge in [-0.2, -0.15) is 0 Å². The first-order valence-corrected chi connectivity index (χ1v) is 13.7. The van der Waals surface area contributed by atoms with Crippen LogP contribution in [-0.4, -0.2) is 67.1 Å². The van der Waals surface area contributed by atoms with E-state index in [1.165, 1.54) is 18.4 Å². The standard InChI is InChI=1S/C31H35N3O5/c1-37-25-15-20(16-26(38-2)30(25)39-3)29-28-22(21-11-7-8-12-23(21)32-28)17-24-31(36)33(18-27(35)34(24)29)14-13-19-9-5-4-6-10-19/h7-9,11-12,15-16,24,29,32H,4-6,10,13-14,17-18H2,1-3H3/t24-,29?/m0/s1. The molecular formula is C31H35N3O5. The number of nitrogens with one attached hydrogen (secondary N) is 1. The molecule has 3 heterocycles. The lowest BCUT2D eigenvalue weighted by molar-refractivity contribution is -0.158. The Balaban J connectivity index is 1.44. The highest BCUT2D eigenvalue weighted by Crippen LogP contribution is 2.47. The van der Waals surface area contributed by atoms with E-state index in [1.54, 1.807) is 31.1 Å². The fourth-order valence-electron chi connectivity index (χ4n) is 6.53. The molecular weight excluding hydrogens is 494 g/mol. The van der Waals surface area contributed by atoms with E-state index in [0.29, 0.717) is 30.2 Å². The molecule has 2 amide bonds. The van der Waals surface area contributed by atoms with Crippen molar-refractivity contribution in [3.05, 3.63) is 64.9 Å². The summed E-state index contributed by atoms with van der Waals surface area (Å²) in [4.78, 5) is 35.0. The molecule has 0 spiro atoms. The minimum atomic E-state index is -0.581. The van der Waals surface area contributed by atoms with Crippen LogP contribution in [0, 0.1) is 0 Å². The van der Waals surface area contributed by atoms with Crippen molar-refractivity contribution in [2.24, 2.45) is 0 Å². The number of aromatic nitrogens is 1. The topological polar surface area (TPSA) is 84.1 Å². The van der Waals surface area contributed by atoms with Gasteiger partial charge in [-0.05, 0) is 61.4 Å². The zero-order valence-electron chi connectivity index (χ0n) is 22.8. The largest absolute Gasteiger partial charge is 0.493 e. The molecule has 0 radical (unpaired) electrons. The lowest BCUT2D eigenvalue weighted by atomic mass is 9.86. The van der Waals surface area contributed by atoms with Gasteiger partial charge in [0, 0.05) is 29.6 Å². The normalized spacial score (nSPS) is 20.9. The molecule has 1 unspecified atom stereocenters. The Bertz CT molecular complexity index is 1430. The van der Waals surface area contributed by atoms with E-state index in [1.807, 2.05) is 30.3 Å². The van der Waals surface area contributed by atoms with Crippen LogP contribution in [0.25, 0.3) is 10.9 Å². The fourth-order valence-corrected chi connectivity index (χ4v) is 6.53. The molecule has 2 atom stereocenters. The maximum Gasteiger partial charge on any atom is 0.246 e. The molecule has 0 saturated carbocycles. The second kappa shape index (κ2) is 10.3. The molecule has 1 N–H and O–H groups in total. The molecule has 0 bridgehead atoms. The van der Waals surface area contributed by atoms with E-state index in [9.17, 15) is 9.59 Å². The van der Waals surface area contributed by atoms with Crippen molar-refractivity contribution in [1.82, 2.24) is 14.8 Å². The minimum absolute atomic E-state index is 0.0133. The average molecular weight is 530 g/mol. The predicted octanol–water partition coefficient (Wildman–Crippen LogP) is 4.77. The van der Waals surface area contributed by atoms with Gasteiger partial charge in [0.2, 0.25) is 17.6 Å². The van der Waals surface area contributed by atoms with Gasteiger partial charge in [-0.25, -0.2) is 0 Å². The first-order chi connectivity index (χ1) is 19.0. The number of carbonyl (C=O) groups is 2. The van der Waals surface area contributed by atoms with E-state index >= 15 is 0 Å². The first kappa shape index (κ1) is 25.3. The number of ether oxygens (including phenoxy) is 3. The third kappa shape index (κ3) is 4.32. The predicted molar refractivity (Wildman–Crippen MR) is 148 cm³/mol. The van der Waals surface area contributed by atoms with Gasteiger partial charge >= 0.3 is 0 Å².